The predicted octanol–water partition coefficient (Wildman–Crippen LogP) is 3.85. The molecule has 106 valence electrons. The van der Waals surface area contributed by atoms with Gasteiger partial charge in [0, 0.05) is 11.5 Å². The van der Waals surface area contributed by atoms with E-state index in [0.29, 0.717) is 19.1 Å². The van der Waals surface area contributed by atoms with Gasteiger partial charge in [-0.2, -0.15) is 0 Å². The van der Waals surface area contributed by atoms with Crippen molar-refractivity contribution >= 4 is 0 Å². The Hall–Kier alpha value is -1.09. The van der Waals surface area contributed by atoms with Crippen molar-refractivity contribution in [2.24, 2.45) is 11.7 Å². The number of nitrogens with two attached hydrogens (primary N) is 1. The van der Waals surface area contributed by atoms with E-state index < -0.39 is 0 Å². The number of halogens is 1. The molecule has 0 spiro atoms. The fourth-order valence-electron chi connectivity index (χ4n) is 3.21. The molecule has 1 aromatic rings. The summed E-state index contributed by atoms with van der Waals surface area (Å²) in [5.74, 6) is 1.38. The first-order valence-corrected chi connectivity index (χ1v) is 7.38. The first-order chi connectivity index (χ1) is 9.26. The quantitative estimate of drug-likeness (QED) is 0.877. The maximum Gasteiger partial charge on any atom is 0.123 e. The van der Waals surface area contributed by atoms with Gasteiger partial charge in [-0.3, -0.25) is 0 Å². The minimum atomic E-state index is -0.201. The molecule has 1 atom stereocenters. The molecule has 1 saturated carbocycles. The van der Waals surface area contributed by atoms with E-state index in [1.807, 2.05) is 6.92 Å². The second-order valence-electron chi connectivity index (χ2n) is 5.36. The highest BCUT2D eigenvalue weighted by Crippen LogP contribution is 2.39. The van der Waals surface area contributed by atoms with Gasteiger partial charge in [-0.05, 0) is 50.4 Å². The number of hydrogen-bond acceptors (Lipinski definition) is 2. The number of benzene rings is 1. The number of ether oxygens (including phenoxy) is 1. The lowest BCUT2D eigenvalue weighted by Gasteiger charge is -2.30. The Kier molecular flexibility index (Phi) is 5.20. The molecule has 1 aromatic carbocycles. The van der Waals surface area contributed by atoms with E-state index in [4.69, 9.17) is 10.5 Å². The molecule has 2 rings (SSSR count). The van der Waals surface area contributed by atoms with Crippen LogP contribution in [0.5, 0.6) is 5.75 Å². The maximum atomic E-state index is 13.6. The molecule has 0 aromatic heterocycles. The zero-order valence-corrected chi connectivity index (χ0v) is 11.7. The van der Waals surface area contributed by atoms with Crippen LogP contribution < -0.4 is 10.5 Å². The molecule has 0 aliphatic heterocycles. The molecule has 2 N–H and O–H groups in total. The third-order valence-electron chi connectivity index (χ3n) is 4.14. The molecule has 3 heteroatoms. The first-order valence-electron chi connectivity index (χ1n) is 7.38. The van der Waals surface area contributed by atoms with Crippen molar-refractivity contribution in [3.8, 4) is 5.75 Å². The standard InChI is InChI=1S/C16H24FNO/c1-2-19-16-9-8-13(17)10-14(16)15(11-18)12-6-4-3-5-7-12/h8-10,12,15H,2-7,11,18H2,1H3. The summed E-state index contributed by atoms with van der Waals surface area (Å²) >= 11 is 0. The average Bonchev–Trinajstić information content (AvgIpc) is 2.44. The molecule has 2 nitrogen and oxygen atoms in total. The lowest BCUT2D eigenvalue weighted by Crippen LogP contribution is -2.24. The molecular weight excluding hydrogens is 241 g/mol. The molecule has 1 unspecified atom stereocenters. The second kappa shape index (κ2) is 6.90. The Labute approximate surface area is 115 Å². The van der Waals surface area contributed by atoms with Crippen molar-refractivity contribution in [2.75, 3.05) is 13.2 Å². The van der Waals surface area contributed by atoms with E-state index in [9.17, 15) is 4.39 Å². The zero-order chi connectivity index (χ0) is 13.7. The summed E-state index contributed by atoms with van der Waals surface area (Å²) in [5.41, 5.74) is 6.93. The summed E-state index contributed by atoms with van der Waals surface area (Å²) in [6.07, 6.45) is 6.24. The Morgan fingerprint density at radius 1 is 1.32 bits per heavy atom. The van der Waals surface area contributed by atoms with Crippen LogP contribution in [-0.4, -0.2) is 13.2 Å². The smallest absolute Gasteiger partial charge is 0.123 e. The van der Waals surface area contributed by atoms with Gasteiger partial charge in [-0.15, -0.1) is 0 Å². The van der Waals surface area contributed by atoms with Crippen LogP contribution in [0.25, 0.3) is 0 Å². The summed E-state index contributed by atoms with van der Waals surface area (Å²) in [6, 6.07) is 4.81. The van der Waals surface area contributed by atoms with Gasteiger partial charge in [-0.25, -0.2) is 4.39 Å². The van der Waals surface area contributed by atoms with Crippen molar-refractivity contribution in [1.29, 1.82) is 0 Å². The summed E-state index contributed by atoms with van der Waals surface area (Å²) in [6.45, 7) is 3.11. The van der Waals surface area contributed by atoms with E-state index in [2.05, 4.69) is 0 Å². The number of rotatable bonds is 5. The Morgan fingerprint density at radius 3 is 2.68 bits per heavy atom. The molecular formula is C16H24FNO. The van der Waals surface area contributed by atoms with Gasteiger partial charge in [0.1, 0.15) is 11.6 Å². The van der Waals surface area contributed by atoms with Crippen LogP contribution in [0.3, 0.4) is 0 Å². The molecule has 1 aliphatic rings. The van der Waals surface area contributed by atoms with Gasteiger partial charge in [0.05, 0.1) is 6.61 Å². The van der Waals surface area contributed by atoms with Crippen molar-refractivity contribution in [1.82, 2.24) is 0 Å². The summed E-state index contributed by atoms with van der Waals surface area (Å²) in [4.78, 5) is 0. The van der Waals surface area contributed by atoms with E-state index >= 15 is 0 Å². The highest BCUT2D eigenvalue weighted by molar-refractivity contribution is 5.37. The van der Waals surface area contributed by atoms with Gasteiger partial charge in [0.25, 0.3) is 0 Å². The van der Waals surface area contributed by atoms with Gasteiger partial charge in [0.15, 0.2) is 0 Å². The monoisotopic (exact) mass is 265 g/mol. The fourth-order valence-corrected chi connectivity index (χ4v) is 3.21. The normalized spacial score (nSPS) is 18.3. The molecule has 0 amide bonds. The Bertz CT molecular complexity index is 402. The van der Waals surface area contributed by atoms with Gasteiger partial charge in [0.2, 0.25) is 0 Å². The molecule has 1 aliphatic carbocycles. The van der Waals surface area contributed by atoms with Crippen molar-refractivity contribution in [3.63, 3.8) is 0 Å². The summed E-state index contributed by atoms with van der Waals surface area (Å²) < 4.78 is 19.2. The first kappa shape index (κ1) is 14.3. The van der Waals surface area contributed by atoms with E-state index in [0.717, 1.165) is 11.3 Å². The predicted molar refractivity (Wildman–Crippen MR) is 75.9 cm³/mol. The van der Waals surface area contributed by atoms with Crippen LogP contribution in [-0.2, 0) is 0 Å². The molecule has 19 heavy (non-hydrogen) atoms. The van der Waals surface area contributed by atoms with E-state index in [-0.39, 0.29) is 11.7 Å². The summed E-state index contributed by atoms with van der Waals surface area (Å²) in [7, 11) is 0. The average molecular weight is 265 g/mol. The topological polar surface area (TPSA) is 35.2 Å². The van der Waals surface area contributed by atoms with Gasteiger partial charge in [-0.1, -0.05) is 19.3 Å². The lowest BCUT2D eigenvalue weighted by molar-refractivity contribution is 0.290. The van der Waals surface area contributed by atoms with Crippen LogP contribution in [0.2, 0.25) is 0 Å². The Balaban J connectivity index is 2.27. The van der Waals surface area contributed by atoms with Crippen LogP contribution in [0.15, 0.2) is 18.2 Å². The largest absolute Gasteiger partial charge is 0.494 e. The van der Waals surface area contributed by atoms with Gasteiger partial charge < -0.3 is 10.5 Å². The molecule has 0 heterocycles. The number of hydrogen-bond donors (Lipinski definition) is 1. The SMILES string of the molecule is CCOc1ccc(F)cc1C(CN)C1CCCCC1. The third-order valence-corrected chi connectivity index (χ3v) is 4.14. The molecule has 0 radical (unpaired) electrons. The van der Waals surface area contributed by atoms with Crippen LogP contribution >= 0.6 is 0 Å². The second-order valence-corrected chi connectivity index (χ2v) is 5.36. The lowest BCUT2D eigenvalue weighted by atomic mass is 9.76. The van der Waals surface area contributed by atoms with Crippen LogP contribution in [0.4, 0.5) is 4.39 Å². The van der Waals surface area contributed by atoms with Crippen LogP contribution in [0, 0.1) is 11.7 Å². The molecule has 1 fully saturated rings. The van der Waals surface area contributed by atoms with E-state index in [1.54, 1.807) is 12.1 Å². The van der Waals surface area contributed by atoms with Crippen molar-refractivity contribution < 1.29 is 9.13 Å². The summed E-state index contributed by atoms with van der Waals surface area (Å²) in [5, 5.41) is 0. The highest BCUT2D eigenvalue weighted by Gasteiger charge is 2.26. The zero-order valence-electron chi connectivity index (χ0n) is 11.7. The molecule has 0 bridgehead atoms. The highest BCUT2D eigenvalue weighted by atomic mass is 19.1. The van der Waals surface area contributed by atoms with Crippen molar-refractivity contribution in [2.45, 2.75) is 44.9 Å². The molecule has 0 saturated heterocycles. The maximum absolute atomic E-state index is 13.6. The van der Waals surface area contributed by atoms with Crippen LogP contribution in [0.1, 0.15) is 50.5 Å². The minimum absolute atomic E-state index is 0.201. The van der Waals surface area contributed by atoms with Crippen molar-refractivity contribution in [3.05, 3.63) is 29.6 Å². The minimum Gasteiger partial charge on any atom is -0.494 e. The van der Waals surface area contributed by atoms with Gasteiger partial charge >= 0.3 is 0 Å². The Morgan fingerprint density at radius 2 is 2.05 bits per heavy atom. The fraction of sp³-hybridized carbons (Fsp3) is 0.625. The van der Waals surface area contributed by atoms with E-state index in [1.165, 1.54) is 38.2 Å². The third kappa shape index (κ3) is 3.47.